The van der Waals surface area contributed by atoms with Crippen molar-refractivity contribution >= 4 is 11.8 Å². The highest BCUT2D eigenvalue weighted by Crippen LogP contribution is 2.49. The van der Waals surface area contributed by atoms with Crippen molar-refractivity contribution in [2.75, 3.05) is 13.2 Å². The van der Waals surface area contributed by atoms with E-state index in [2.05, 4.69) is 0 Å². The molecule has 2 aliphatic heterocycles. The number of nitrogens with two attached hydrogens (primary N) is 1. The summed E-state index contributed by atoms with van der Waals surface area (Å²) in [6, 6.07) is 7.39. The van der Waals surface area contributed by atoms with Gasteiger partial charge in [-0.3, -0.25) is 9.59 Å². The van der Waals surface area contributed by atoms with E-state index in [9.17, 15) is 14.7 Å². The molecule has 1 aromatic carbocycles. The zero-order chi connectivity index (χ0) is 15.2. The number of carbonyl (C=O) groups excluding carboxylic acids is 2. The summed E-state index contributed by atoms with van der Waals surface area (Å²) in [6.07, 6.45) is 0.489. The third-order valence-corrected chi connectivity index (χ3v) is 4.38. The second-order valence-corrected chi connectivity index (χ2v) is 5.72. The van der Waals surface area contributed by atoms with Crippen LogP contribution in [0, 0.1) is 5.92 Å². The van der Waals surface area contributed by atoms with Gasteiger partial charge in [-0.25, -0.2) is 0 Å². The van der Waals surface area contributed by atoms with Crippen LogP contribution < -0.4 is 10.5 Å². The minimum absolute atomic E-state index is 0.119. The number of hydrogen-bond acceptors (Lipinski definition) is 4. The highest BCUT2D eigenvalue weighted by atomic mass is 16.5. The van der Waals surface area contributed by atoms with Crippen molar-refractivity contribution in [2.24, 2.45) is 11.7 Å². The first-order valence-electron chi connectivity index (χ1n) is 6.97. The van der Waals surface area contributed by atoms with E-state index >= 15 is 0 Å². The fraction of sp³-hybridized carbons (Fsp3) is 0.467. The lowest BCUT2D eigenvalue weighted by atomic mass is 9.73. The molecule has 0 unspecified atom stereocenters. The molecular formula is C15H18N2O4. The van der Waals surface area contributed by atoms with E-state index in [-0.39, 0.29) is 25.0 Å². The van der Waals surface area contributed by atoms with Gasteiger partial charge in [0.15, 0.2) is 5.72 Å². The van der Waals surface area contributed by atoms with Gasteiger partial charge in [-0.05, 0) is 18.6 Å². The molecule has 0 spiro atoms. The first kappa shape index (κ1) is 13.9. The molecule has 2 amide bonds. The number of rotatable bonds is 3. The molecule has 3 atom stereocenters. The Morgan fingerprint density at radius 1 is 1.52 bits per heavy atom. The highest BCUT2D eigenvalue weighted by molar-refractivity contribution is 6.01. The number of nitrogens with zero attached hydrogens (tertiary/aromatic N) is 1. The first-order valence-corrected chi connectivity index (χ1v) is 6.97. The number of amides is 2. The smallest absolute Gasteiger partial charge is 0.238 e. The Labute approximate surface area is 122 Å². The highest BCUT2D eigenvalue weighted by Gasteiger charge is 2.55. The average molecular weight is 290 g/mol. The van der Waals surface area contributed by atoms with Gasteiger partial charge in [-0.15, -0.1) is 0 Å². The molecule has 6 nitrogen and oxygen atoms in total. The molecule has 0 aromatic heterocycles. The summed E-state index contributed by atoms with van der Waals surface area (Å²) in [7, 11) is 0. The molecule has 2 aliphatic rings. The van der Waals surface area contributed by atoms with Crippen molar-refractivity contribution in [1.82, 2.24) is 4.90 Å². The molecule has 2 bridgehead atoms. The lowest BCUT2D eigenvalue weighted by molar-refractivity contribution is -0.176. The molecule has 3 N–H and O–H groups in total. The first-order chi connectivity index (χ1) is 9.98. The summed E-state index contributed by atoms with van der Waals surface area (Å²) in [5, 5.41) is 9.20. The van der Waals surface area contributed by atoms with Crippen LogP contribution in [0.3, 0.4) is 0 Å². The number of carbonyl (C=O) groups is 2. The Hall–Kier alpha value is -2.08. The second kappa shape index (κ2) is 4.73. The van der Waals surface area contributed by atoms with Gasteiger partial charge in [-0.1, -0.05) is 18.2 Å². The molecule has 6 heteroatoms. The number of fused-ring (bicyclic) bond motifs is 4. The average Bonchev–Trinajstić information content (AvgIpc) is 2.43. The zero-order valence-corrected chi connectivity index (χ0v) is 11.8. The minimum atomic E-state index is -0.908. The zero-order valence-electron chi connectivity index (χ0n) is 11.8. The number of ether oxygens (including phenoxy) is 1. The van der Waals surface area contributed by atoms with Gasteiger partial charge in [0.25, 0.3) is 0 Å². The van der Waals surface area contributed by atoms with Crippen LogP contribution in [0.4, 0.5) is 0 Å². The number of aliphatic hydroxyl groups excluding tert-OH is 1. The Bertz CT molecular complexity index is 603. The summed E-state index contributed by atoms with van der Waals surface area (Å²) in [5.74, 6) is -1.52. The summed E-state index contributed by atoms with van der Waals surface area (Å²) in [6.45, 7) is 1.73. The van der Waals surface area contributed by atoms with E-state index in [1.807, 2.05) is 24.3 Å². The number of piperidine rings is 1. The molecule has 0 aliphatic carbocycles. The Morgan fingerprint density at radius 3 is 2.90 bits per heavy atom. The number of primary amides is 1. The molecular weight excluding hydrogens is 272 g/mol. The fourth-order valence-electron chi connectivity index (χ4n) is 3.48. The van der Waals surface area contributed by atoms with Crippen LogP contribution >= 0.6 is 0 Å². The third kappa shape index (κ3) is 1.98. The molecule has 21 heavy (non-hydrogen) atoms. The van der Waals surface area contributed by atoms with Crippen LogP contribution in [0.25, 0.3) is 0 Å². The quantitative estimate of drug-likeness (QED) is 0.778. The molecule has 1 fully saturated rings. The van der Waals surface area contributed by atoms with Gasteiger partial charge < -0.3 is 20.5 Å². The standard InChI is InChI=1S/C15H18N2O4/c1-15-8-10(9-4-2-3-5-11(9)21-15)12(13(16)19)14(20)17(15)6-7-18/h2-5,10,12,18H,6-8H2,1H3,(H2,16,19)/t10-,12+,15-/m0/s1. The van der Waals surface area contributed by atoms with Crippen molar-refractivity contribution in [3.05, 3.63) is 29.8 Å². The van der Waals surface area contributed by atoms with Crippen LogP contribution in [-0.4, -0.2) is 40.7 Å². The lowest BCUT2D eigenvalue weighted by Gasteiger charge is -2.52. The van der Waals surface area contributed by atoms with E-state index in [0.29, 0.717) is 12.2 Å². The van der Waals surface area contributed by atoms with Gasteiger partial charge >= 0.3 is 0 Å². The second-order valence-electron chi connectivity index (χ2n) is 5.72. The maximum atomic E-state index is 12.6. The monoisotopic (exact) mass is 290 g/mol. The topological polar surface area (TPSA) is 92.9 Å². The number of benzene rings is 1. The molecule has 2 heterocycles. The number of aliphatic hydroxyl groups is 1. The summed E-state index contributed by atoms with van der Waals surface area (Å²) in [5.41, 5.74) is 5.45. The fourth-order valence-corrected chi connectivity index (χ4v) is 3.48. The number of hydrogen-bond donors (Lipinski definition) is 2. The van der Waals surface area contributed by atoms with E-state index < -0.39 is 17.6 Å². The maximum Gasteiger partial charge on any atom is 0.238 e. The largest absolute Gasteiger partial charge is 0.468 e. The molecule has 1 saturated heterocycles. The molecule has 112 valence electrons. The van der Waals surface area contributed by atoms with E-state index in [1.54, 1.807) is 6.92 Å². The normalized spacial score (nSPS) is 30.6. The molecule has 0 radical (unpaired) electrons. The third-order valence-electron chi connectivity index (χ3n) is 4.38. The van der Waals surface area contributed by atoms with E-state index in [1.165, 1.54) is 4.90 Å². The van der Waals surface area contributed by atoms with Crippen molar-refractivity contribution in [1.29, 1.82) is 0 Å². The van der Waals surface area contributed by atoms with Crippen molar-refractivity contribution in [3.63, 3.8) is 0 Å². The molecule has 3 rings (SSSR count). The van der Waals surface area contributed by atoms with E-state index in [4.69, 9.17) is 10.5 Å². The van der Waals surface area contributed by atoms with Crippen molar-refractivity contribution < 1.29 is 19.4 Å². The predicted molar refractivity (Wildman–Crippen MR) is 74.3 cm³/mol. The summed E-state index contributed by atoms with van der Waals surface area (Å²) >= 11 is 0. The molecule has 1 aromatic rings. The van der Waals surface area contributed by atoms with Gasteiger partial charge in [0, 0.05) is 18.9 Å². The van der Waals surface area contributed by atoms with Crippen LogP contribution in [0.1, 0.15) is 24.8 Å². The SMILES string of the molecule is C[C@@]12C[C@@H](c3ccccc3O1)[C@H](C(N)=O)C(=O)N2CCO. The predicted octanol–water partition coefficient (Wildman–Crippen LogP) is 0.205. The number of likely N-dealkylation sites (tertiary alicyclic amines) is 1. The van der Waals surface area contributed by atoms with Gasteiger partial charge in [0.1, 0.15) is 11.7 Å². The molecule has 0 saturated carbocycles. The van der Waals surface area contributed by atoms with Crippen molar-refractivity contribution in [2.45, 2.75) is 25.0 Å². The maximum absolute atomic E-state index is 12.6. The minimum Gasteiger partial charge on any atom is -0.468 e. The summed E-state index contributed by atoms with van der Waals surface area (Å²) in [4.78, 5) is 25.8. The number of β-amino-alcohol motifs (C(OH)–C–C–N with tert-alkyl or cyclic N) is 1. The van der Waals surface area contributed by atoms with Crippen molar-refractivity contribution in [3.8, 4) is 5.75 Å². The van der Waals surface area contributed by atoms with Crippen LogP contribution in [-0.2, 0) is 9.59 Å². The van der Waals surface area contributed by atoms with E-state index in [0.717, 1.165) is 5.56 Å². The lowest BCUT2D eigenvalue weighted by Crippen LogP contribution is -2.65. The van der Waals surface area contributed by atoms with Gasteiger partial charge in [0.2, 0.25) is 11.8 Å². The van der Waals surface area contributed by atoms with Crippen LogP contribution in [0.2, 0.25) is 0 Å². The summed E-state index contributed by atoms with van der Waals surface area (Å²) < 4.78 is 6.00. The number of para-hydroxylation sites is 1. The Morgan fingerprint density at radius 2 is 2.24 bits per heavy atom. The van der Waals surface area contributed by atoms with Crippen LogP contribution in [0.15, 0.2) is 24.3 Å². The van der Waals surface area contributed by atoms with Gasteiger partial charge in [0.05, 0.1) is 6.61 Å². The Kier molecular flexibility index (Phi) is 3.13. The van der Waals surface area contributed by atoms with Gasteiger partial charge in [-0.2, -0.15) is 0 Å². The van der Waals surface area contributed by atoms with Crippen LogP contribution in [0.5, 0.6) is 5.75 Å². The Balaban J connectivity index is 2.13.